The van der Waals surface area contributed by atoms with Gasteiger partial charge in [-0.05, 0) is 25.2 Å². The zero-order valence-electron chi connectivity index (χ0n) is 13.1. The molecule has 1 fully saturated rings. The first kappa shape index (κ1) is 15.9. The van der Waals surface area contributed by atoms with Gasteiger partial charge in [-0.1, -0.05) is 43.7 Å². The molecule has 1 aromatic carbocycles. The molecule has 2 rings (SSSR count). The van der Waals surface area contributed by atoms with Crippen LogP contribution in [-0.2, 0) is 5.54 Å². The summed E-state index contributed by atoms with van der Waals surface area (Å²) in [5.74, 6) is 1.23. The van der Waals surface area contributed by atoms with Gasteiger partial charge in [0.2, 0.25) is 0 Å². The number of rotatable bonds is 6. The SMILES string of the molecule is CCCC1CNC(C)(c2ccccc2)CN1CCSC. The summed E-state index contributed by atoms with van der Waals surface area (Å²) in [5.41, 5.74) is 1.49. The monoisotopic (exact) mass is 292 g/mol. The number of piperazine rings is 1. The molecular weight excluding hydrogens is 264 g/mol. The highest BCUT2D eigenvalue weighted by Gasteiger charge is 2.36. The lowest BCUT2D eigenvalue weighted by molar-refractivity contribution is 0.0865. The molecule has 2 unspecified atom stereocenters. The highest BCUT2D eigenvalue weighted by atomic mass is 32.2. The summed E-state index contributed by atoms with van der Waals surface area (Å²) in [6.45, 7) is 8.06. The summed E-state index contributed by atoms with van der Waals surface area (Å²) in [4.78, 5) is 2.70. The van der Waals surface area contributed by atoms with Crippen LogP contribution in [0, 0.1) is 0 Å². The molecule has 0 bridgehead atoms. The van der Waals surface area contributed by atoms with Crippen molar-refractivity contribution in [2.24, 2.45) is 0 Å². The van der Waals surface area contributed by atoms with E-state index in [1.54, 1.807) is 0 Å². The Labute approximate surface area is 128 Å². The van der Waals surface area contributed by atoms with Crippen molar-refractivity contribution < 1.29 is 0 Å². The van der Waals surface area contributed by atoms with E-state index >= 15 is 0 Å². The van der Waals surface area contributed by atoms with E-state index in [0.717, 1.165) is 13.1 Å². The van der Waals surface area contributed by atoms with Gasteiger partial charge in [-0.15, -0.1) is 0 Å². The smallest absolute Gasteiger partial charge is 0.0535 e. The average Bonchev–Trinajstić information content (AvgIpc) is 2.49. The number of nitrogens with zero attached hydrogens (tertiary/aromatic N) is 1. The van der Waals surface area contributed by atoms with Crippen LogP contribution in [0.5, 0.6) is 0 Å². The molecule has 0 aromatic heterocycles. The molecule has 0 spiro atoms. The summed E-state index contributed by atoms with van der Waals surface area (Å²) < 4.78 is 0. The van der Waals surface area contributed by atoms with E-state index in [1.165, 1.54) is 30.7 Å². The number of thioether (sulfide) groups is 1. The molecule has 2 atom stereocenters. The van der Waals surface area contributed by atoms with E-state index in [4.69, 9.17) is 0 Å². The molecule has 1 aliphatic rings. The Morgan fingerprint density at radius 2 is 2.10 bits per heavy atom. The van der Waals surface area contributed by atoms with Crippen molar-refractivity contribution >= 4 is 11.8 Å². The number of hydrogen-bond donors (Lipinski definition) is 1. The van der Waals surface area contributed by atoms with Crippen LogP contribution in [-0.4, -0.2) is 42.6 Å². The Kier molecular flexibility index (Phi) is 5.94. The van der Waals surface area contributed by atoms with Gasteiger partial charge in [-0.2, -0.15) is 11.8 Å². The number of nitrogens with one attached hydrogen (secondary N) is 1. The van der Waals surface area contributed by atoms with E-state index in [9.17, 15) is 0 Å². The Balaban J connectivity index is 2.10. The van der Waals surface area contributed by atoms with Gasteiger partial charge in [0.1, 0.15) is 0 Å². The second kappa shape index (κ2) is 7.48. The van der Waals surface area contributed by atoms with Crippen LogP contribution in [0.2, 0.25) is 0 Å². The molecule has 3 heteroatoms. The lowest BCUT2D eigenvalue weighted by Gasteiger charge is -2.46. The van der Waals surface area contributed by atoms with Crippen molar-refractivity contribution in [3.63, 3.8) is 0 Å². The van der Waals surface area contributed by atoms with Crippen LogP contribution in [0.1, 0.15) is 32.3 Å². The second-order valence-corrected chi connectivity index (χ2v) is 6.97. The van der Waals surface area contributed by atoms with Gasteiger partial charge in [-0.3, -0.25) is 4.90 Å². The molecule has 1 saturated heterocycles. The fourth-order valence-corrected chi connectivity index (χ4v) is 3.57. The van der Waals surface area contributed by atoms with Crippen molar-refractivity contribution in [3.8, 4) is 0 Å². The fraction of sp³-hybridized carbons (Fsp3) is 0.647. The Morgan fingerprint density at radius 3 is 2.75 bits per heavy atom. The zero-order valence-corrected chi connectivity index (χ0v) is 13.9. The molecule has 0 radical (unpaired) electrons. The molecule has 0 saturated carbocycles. The minimum Gasteiger partial charge on any atom is -0.305 e. The van der Waals surface area contributed by atoms with Crippen molar-refractivity contribution in [3.05, 3.63) is 35.9 Å². The van der Waals surface area contributed by atoms with Crippen molar-refractivity contribution in [1.29, 1.82) is 0 Å². The van der Waals surface area contributed by atoms with E-state index in [2.05, 4.69) is 60.7 Å². The van der Waals surface area contributed by atoms with E-state index in [1.807, 2.05) is 11.8 Å². The third-order valence-electron chi connectivity index (χ3n) is 4.38. The first-order valence-electron chi connectivity index (χ1n) is 7.73. The summed E-state index contributed by atoms with van der Waals surface area (Å²) in [5, 5.41) is 3.80. The van der Waals surface area contributed by atoms with Gasteiger partial charge in [-0.25, -0.2) is 0 Å². The highest BCUT2D eigenvalue weighted by molar-refractivity contribution is 7.98. The predicted molar refractivity (Wildman–Crippen MR) is 90.4 cm³/mol. The van der Waals surface area contributed by atoms with Crippen LogP contribution in [0.4, 0.5) is 0 Å². The number of hydrogen-bond acceptors (Lipinski definition) is 3. The third kappa shape index (κ3) is 3.78. The Bertz CT molecular complexity index is 395. The molecule has 20 heavy (non-hydrogen) atoms. The molecule has 0 aliphatic carbocycles. The maximum atomic E-state index is 3.80. The van der Waals surface area contributed by atoms with Gasteiger partial charge in [0, 0.05) is 31.4 Å². The molecule has 2 nitrogen and oxygen atoms in total. The fourth-order valence-electron chi connectivity index (χ4n) is 3.15. The summed E-state index contributed by atoms with van der Waals surface area (Å²) >= 11 is 1.95. The Hall–Kier alpha value is -0.510. The zero-order chi connectivity index (χ0) is 14.4. The molecule has 1 aliphatic heterocycles. The quantitative estimate of drug-likeness (QED) is 0.866. The maximum absolute atomic E-state index is 3.80. The van der Waals surface area contributed by atoms with Crippen LogP contribution in [0.15, 0.2) is 30.3 Å². The summed E-state index contributed by atoms with van der Waals surface area (Å²) in [7, 11) is 0. The van der Waals surface area contributed by atoms with Crippen molar-refractivity contribution in [2.75, 3.05) is 31.6 Å². The first-order valence-corrected chi connectivity index (χ1v) is 9.12. The second-order valence-electron chi connectivity index (χ2n) is 5.98. The van der Waals surface area contributed by atoms with Gasteiger partial charge in [0.25, 0.3) is 0 Å². The standard InChI is InChI=1S/C17H28N2S/c1-4-8-16-13-18-17(2,14-19(16)11-12-20-3)15-9-6-5-7-10-15/h5-7,9-10,16,18H,4,8,11-14H2,1-3H3. The third-order valence-corrected chi connectivity index (χ3v) is 4.97. The molecule has 112 valence electrons. The van der Waals surface area contributed by atoms with Crippen LogP contribution in [0.25, 0.3) is 0 Å². The van der Waals surface area contributed by atoms with Crippen LogP contribution >= 0.6 is 11.8 Å². The molecule has 1 aromatic rings. The average molecular weight is 292 g/mol. The summed E-state index contributed by atoms with van der Waals surface area (Å²) in [6.07, 6.45) is 4.77. The van der Waals surface area contributed by atoms with Crippen LogP contribution in [0.3, 0.4) is 0 Å². The van der Waals surface area contributed by atoms with Crippen molar-refractivity contribution in [2.45, 2.75) is 38.3 Å². The van der Waals surface area contributed by atoms with Gasteiger partial charge in [0.15, 0.2) is 0 Å². The highest BCUT2D eigenvalue weighted by Crippen LogP contribution is 2.27. The lowest BCUT2D eigenvalue weighted by atomic mass is 9.87. The van der Waals surface area contributed by atoms with Crippen molar-refractivity contribution in [1.82, 2.24) is 10.2 Å². The molecule has 1 heterocycles. The van der Waals surface area contributed by atoms with E-state index in [0.29, 0.717) is 6.04 Å². The predicted octanol–water partition coefficient (Wildman–Crippen LogP) is 3.34. The molecule has 1 N–H and O–H groups in total. The van der Waals surface area contributed by atoms with Gasteiger partial charge >= 0.3 is 0 Å². The first-order chi connectivity index (χ1) is 9.69. The molecular formula is C17H28N2S. The largest absolute Gasteiger partial charge is 0.305 e. The maximum Gasteiger partial charge on any atom is 0.0535 e. The van der Waals surface area contributed by atoms with Gasteiger partial charge in [0.05, 0.1) is 5.54 Å². The Morgan fingerprint density at radius 1 is 1.35 bits per heavy atom. The normalized spacial score (nSPS) is 27.6. The molecule has 0 amide bonds. The number of benzene rings is 1. The minimum absolute atomic E-state index is 0.0872. The topological polar surface area (TPSA) is 15.3 Å². The lowest BCUT2D eigenvalue weighted by Crippen LogP contribution is -2.61. The van der Waals surface area contributed by atoms with E-state index in [-0.39, 0.29) is 5.54 Å². The van der Waals surface area contributed by atoms with E-state index < -0.39 is 0 Å². The summed E-state index contributed by atoms with van der Waals surface area (Å²) in [6, 6.07) is 11.6. The van der Waals surface area contributed by atoms with Crippen LogP contribution < -0.4 is 5.32 Å². The minimum atomic E-state index is 0.0872. The van der Waals surface area contributed by atoms with Gasteiger partial charge < -0.3 is 5.32 Å².